The number of aliphatic hydroxyl groups is 1. The maximum absolute atomic E-state index is 10.5. The summed E-state index contributed by atoms with van der Waals surface area (Å²) in [5.41, 5.74) is 3.55. The lowest BCUT2D eigenvalue weighted by Gasteiger charge is -2.24. The molecule has 19 heavy (non-hydrogen) atoms. The van der Waals surface area contributed by atoms with Gasteiger partial charge in [0.2, 0.25) is 0 Å². The minimum atomic E-state index is -0.447. The molecule has 0 aliphatic heterocycles. The molecule has 0 heterocycles. The van der Waals surface area contributed by atoms with Crippen LogP contribution in [0.1, 0.15) is 22.8 Å². The van der Waals surface area contributed by atoms with Gasteiger partial charge in [-0.15, -0.1) is 0 Å². The summed E-state index contributed by atoms with van der Waals surface area (Å²) in [7, 11) is 0. The maximum atomic E-state index is 10.5. The largest absolute Gasteiger partial charge is 0.388 e. The fourth-order valence-electron chi connectivity index (χ4n) is 2.56. The Morgan fingerprint density at radius 1 is 1.05 bits per heavy atom. The number of rotatable bonds is 2. The summed E-state index contributed by atoms with van der Waals surface area (Å²) in [6, 6.07) is 16.3. The van der Waals surface area contributed by atoms with Crippen molar-refractivity contribution in [1.82, 2.24) is 0 Å². The Morgan fingerprint density at radius 3 is 2.58 bits per heavy atom. The van der Waals surface area contributed by atoms with Gasteiger partial charge in [-0.25, -0.2) is 0 Å². The smallest absolute Gasteiger partial charge is 0.0855 e. The molecule has 1 aliphatic carbocycles. The minimum absolute atomic E-state index is 0.149. The first kappa shape index (κ1) is 12.6. The molecule has 2 aromatic carbocycles. The second-order valence-corrected chi connectivity index (χ2v) is 5.84. The van der Waals surface area contributed by atoms with Crippen molar-refractivity contribution in [2.75, 3.05) is 0 Å². The van der Waals surface area contributed by atoms with Crippen LogP contribution < -0.4 is 0 Å². The van der Waals surface area contributed by atoms with Gasteiger partial charge in [0.25, 0.3) is 0 Å². The summed E-state index contributed by atoms with van der Waals surface area (Å²) in [6.45, 7) is 0. The molecule has 2 aromatic rings. The van der Waals surface area contributed by atoms with E-state index in [2.05, 4.69) is 52.3 Å². The molecule has 0 bridgehead atoms. The van der Waals surface area contributed by atoms with Gasteiger partial charge < -0.3 is 5.11 Å². The third-order valence-corrected chi connectivity index (χ3v) is 4.18. The molecule has 0 amide bonds. The second kappa shape index (κ2) is 5.32. The molecule has 0 fully saturated rings. The Kier molecular flexibility index (Phi) is 3.54. The fourth-order valence-corrected chi connectivity index (χ4v) is 2.82. The van der Waals surface area contributed by atoms with Crippen molar-refractivity contribution in [3.8, 4) is 0 Å². The standard InChI is InChI=1S/C17H15BrO/c18-16-9-7-13(8-10-16)17(19)15-6-5-12-3-1-2-4-14(12)11-15/h1-10,15,17,19H,11H2. The highest BCUT2D eigenvalue weighted by Crippen LogP contribution is 2.32. The van der Waals surface area contributed by atoms with Crippen LogP contribution in [0.5, 0.6) is 0 Å². The van der Waals surface area contributed by atoms with Crippen LogP contribution in [0.15, 0.2) is 59.1 Å². The Balaban J connectivity index is 1.83. The van der Waals surface area contributed by atoms with Crippen LogP contribution in [0, 0.1) is 5.92 Å². The summed E-state index contributed by atoms with van der Waals surface area (Å²) in [4.78, 5) is 0. The van der Waals surface area contributed by atoms with Crippen LogP contribution in [0.25, 0.3) is 6.08 Å². The van der Waals surface area contributed by atoms with Gasteiger partial charge in [0.05, 0.1) is 6.10 Å². The molecular weight excluding hydrogens is 300 g/mol. The van der Waals surface area contributed by atoms with E-state index >= 15 is 0 Å². The van der Waals surface area contributed by atoms with Gasteiger partial charge in [-0.05, 0) is 35.2 Å². The van der Waals surface area contributed by atoms with Crippen molar-refractivity contribution >= 4 is 22.0 Å². The molecule has 2 unspecified atom stereocenters. The van der Waals surface area contributed by atoms with Crippen LogP contribution in [0.4, 0.5) is 0 Å². The van der Waals surface area contributed by atoms with Crippen LogP contribution in [-0.4, -0.2) is 5.11 Å². The monoisotopic (exact) mass is 314 g/mol. The maximum Gasteiger partial charge on any atom is 0.0855 e. The number of benzene rings is 2. The lowest BCUT2D eigenvalue weighted by Crippen LogP contribution is -2.16. The summed E-state index contributed by atoms with van der Waals surface area (Å²) in [6.07, 6.45) is 4.68. The van der Waals surface area contributed by atoms with Crippen molar-refractivity contribution in [3.05, 3.63) is 75.8 Å². The Labute approximate surface area is 121 Å². The van der Waals surface area contributed by atoms with Crippen LogP contribution in [-0.2, 0) is 6.42 Å². The number of fused-ring (bicyclic) bond motifs is 1. The molecule has 1 N–H and O–H groups in total. The molecule has 2 atom stereocenters. The highest BCUT2D eigenvalue weighted by molar-refractivity contribution is 9.10. The van der Waals surface area contributed by atoms with Crippen LogP contribution >= 0.6 is 15.9 Å². The van der Waals surface area contributed by atoms with Gasteiger partial charge in [-0.1, -0.05) is 64.5 Å². The summed E-state index contributed by atoms with van der Waals surface area (Å²) < 4.78 is 1.04. The molecule has 0 radical (unpaired) electrons. The number of halogens is 1. The van der Waals surface area contributed by atoms with E-state index in [-0.39, 0.29) is 5.92 Å². The molecule has 1 nitrogen and oxygen atoms in total. The summed E-state index contributed by atoms with van der Waals surface area (Å²) >= 11 is 3.42. The van der Waals surface area contributed by atoms with Gasteiger partial charge in [0, 0.05) is 10.4 Å². The van der Waals surface area contributed by atoms with Crippen molar-refractivity contribution in [1.29, 1.82) is 0 Å². The van der Waals surface area contributed by atoms with Crippen molar-refractivity contribution in [3.63, 3.8) is 0 Å². The van der Waals surface area contributed by atoms with Crippen molar-refractivity contribution in [2.24, 2.45) is 5.92 Å². The van der Waals surface area contributed by atoms with E-state index < -0.39 is 6.10 Å². The van der Waals surface area contributed by atoms with E-state index in [1.165, 1.54) is 11.1 Å². The molecule has 96 valence electrons. The number of hydrogen-bond acceptors (Lipinski definition) is 1. The third kappa shape index (κ3) is 2.65. The first-order valence-electron chi connectivity index (χ1n) is 6.44. The SMILES string of the molecule is OC(c1ccc(Br)cc1)C1C=Cc2ccccc2C1. The predicted molar refractivity (Wildman–Crippen MR) is 81.8 cm³/mol. The topological polar surface area (TPSA) is 20.2 Å². The van der Waals surface area contributed by atoms with Crippen molar-refractivity contribution < 1.29 is 5.11 Å². The van der Waals surface area contributed by atoms with Gasteiger partial charge in [0.1, 0.15) is 0 Å². The Hall–Kier alpha value is -1.38. The molecule has 0 aromatic heterocycles. The van der Waals surface area contributed by atoms with E-state index in [9.17, 15) is 5.11 Å². The van der Waals surface area contributed by atoms with E-state index in [0.29, 0.717) is 0 Å². The lowest BCUT2D eigenvalue weighted by atomic mass is 9.84. The number of aliphatic hydroxyl groups excluding tert-OH is 1. The number of hydrogen-bond donors (Lipinski definition) is 1. The van der Waals surface area contributed by atoms with Gasteiger partial charge in [-0.2, -0.15) is 0 Å². The van der Waals surface area contributed by atoms with E-state index in [4.69, 9.17) is 0 Å². The van der Waals surface area contributed by atoms with Gasteiger partial charge in [-0.3, -0.25) is 0 Å². The van der Waals surface area contributed by atoms with E-state index in [1.54, 1.807) is 0 Å². The average molecular weight is 315 g/mol. The summed E-state index contributed by atoms with van der Waals surface area (Å²) in [5.74, 6) is 0.149. The fraction of sp³-hybridized carbons (Fsp3) is 0.176. The van der Waals surface area contributed by atoms with E-state index in [0.717, 1.165) is 16.5 Å². The van der Waals surface area contributed by atoms with Gasteiger partial charge >= 0.3 is 0 Å². The normalized spacial score (nSPS) is 18.9. The average Bonchev–Trinajstić information content (AvgIpc) is 2.47. The molecule has 0 saturated heterocycles. The quantitative estimate of drug-likeness (QED) is 0.872. The molecule has 2 heteroatoms. The Morgan fingerprint density at radius 2 is 1.79 bits per heavy atom. The first-order valence-corrected chi connectivity index (χ1v) is 7.23. The molecule has 3 rings (SSSR count). The van der Waals surface area contributed by atoms with Gasteiger partial charge in [0.15, 0.2) is 0 Å². The zero-order valence-electron chi connectivity index (χ0n) is 10.5. The van der Waals surface area contributed by atoms with E-state index in [1.807, 2.05) is 24.3 Å². The molecule has 0 saturated carbocycles. The lowest BCUT2D eigenvalue weighted by molar-refractivity contribution is 0.131. The molecule has 1 aliphatic rings. The summed E-state index contributed by atoms with van der Waals surface area (Å²) in [5, 5.41) is 10.5. The Bertz CT molecular complexity index is 601. The molecular formula is C17H15BrO. The second-order valence-electron chi connectivity index (χ2n) is 4.92. The highest BCUT2D eigenvalue weighted by atomic mass is 79.9. The third-order valence-electron chi connectivity index (χ3n) is 3.65. The first-order chi connectivity index (χ1) is 9.24. The zero-order valence-corrected chi connectivity index (χ0v) is 12.0. The van der Waals surface area contributed by atoms with Crippen LogP contribution in [0.3, 0.4) is 0 Å². The predicted octanol–water partition coefficient (Wildman–Crippen LogP) is 4.37. The molecule has 0 spiro atoms. The van der Waals surface area contributed by atoms with Crippen LogP contribution in [0.2, 0.25) is 0 Å². The minimum Gasteiger partial charge on any atom is -0.388 e. The highest BCUT2D eigenvalue weighted by Gasteiger charge is 2.22. The zero-order chi connectivity index (χ0) is 13.2. The van der Waals surface area contributed by atoms with Crippen molar-refractivity contribution in [2.45, 2.75) is 12.5 Å².